The van der Waals surface area contributed by atoms with Gasteiger partial charge in [-0.1, -0.05) is 11.8 Å². The van der Waals surface area contributed by atoms with Gasteiger partial charge in [-0.15, -0.1) is 11.3 Å². The Morgan fingerprint density at radius 3 is 2.80 bits per heavy atom. The Morgan fingerprint density at radius 1 is 1.40 bits per heavy atom. The molecule has 0 aliphatic carbocycles. The van der Waals surface area contributed by atoms with Gasteiger partial charge < -0.3 is 5.73 Å². The third kappa shape index (κ3) is 2.30. The van der Waals surface area contributed by atoms with E-state index in [0.717, 1.165) is 14.9 Å². The Bertz CT molecular complexity index is 460. The van der Waals surface area contributed by atoms with Gasteiger partial charge in [0.05, 0.1) is 17.6 Å². The number of hydrogen-bond donors (Lipinski definition) is 1. The quantitative estimate of drug-likeness (QED) is 0.872. The lowest BCUT2D eigenvalue weighted by molar-refractivity contribution is 1.14. The van der Waals surface area contributed by atoms with E-state index in [1.807, 2.05) is 13.0 Å². The number of rotatable bonds is 2. The van der Waals surface area contributed by atoms with Crippen LogP contribution in [0.1, 0.15) is 10.6 Å². The molecule has 0 fully saturated rings. The fourth-order valence-corrected chi connectivity index (χ4v) is 3.19. The minimum Gasteiger partial charge on any atom is -0.397 e. The van der Waals surface area contributed by atoms with E-state index in [4.69, 9.17) is 5.73 Å². The second-order valence-electron chi connectivity index (χ2n) is 3.14. The normalized spacial score (nSPS) is 10.5. The number of aromatic nitrogens is 2. The fraction of sp³-hybridized carbons (Fsp3) is 0.200. The van der Waals surface area contributed by atoms with Gasteiger partial charge in [-0.25, -0.2) is 4.98 Å². The van der Waals surface area contributed by atoms with Crippen LogP contribution >= 0.6 is 23.1 Å². The first-order valence-electron chi connectivity index (χ1n) is 4.48. The van der Waals surface area contributed by atoms with Crippen LogP contribution in [-0.2, 0) is 0 Å². The molecule has 2 N–H and O–H groups in total. The highest BCUT2D eigenvalue weighted by molar-refractivity contribution is 8.01. The molecule has 0 aromatic carbocycles. The third-order valence-corrected chi connectivity index (χ3v) is 4.24. The van der Waals surface area contributed by atoms with Crippen molar-refractivity contribution >= 4 is 28.8 Å². The first-order chi connectivity index (χ1) is 7.16. The Labute approximate surface area is 96.8 Å². The van der Waals surface area contributed by atoms with Crippen molar-refractivity contribution < 1.29 is 0 Å². The topological polar surface area (TPSA) is 51.8 Å². The maximum Gasteiger partial charge on any atom is 0.155 e. The van der Waals surface area contributed by atoms with Gasteiger partial charge in [-0.3, -0.25) is 4.98 Å². The summed E-state index contributed by atoms with van der Waals surface area (Å²) in [6, 6.07) is 1.91. The summed E-state index contributed by atoms with van der Waals surface area (Å²) in [5.41, 5.74) is 7.60. The lowest BCUT2D eigenvalue weighted by atomic mass is 10.4. The van der Waals surface area contributed by atoms with Gasteiger partial charge in [-0.05, 0) is 19.9 Å². The van der Waals surface area contributed by atoms with Gasteiger partial charge in [0, 0.05) is 16.0 Å². The molecule has 2 rings (SSSR count). The largest absolute Gasteiger partial charge is 0.397 e. The maximum absolute atomic E-state index is 5.81. The predicted octanol–water partition coefficient (Wildman–Crippen LogP) is 2.89. The molecular formula is C10H11N3S2. The average Bonchev–Trinajstić information content (AvgIpc) is 2.50. The molecule has 0 bridgehead atoms. The lowest BCUT2D eigenvalue weighted by Crippen LogP contribution is -1.88. The fourth-order valence-electron chi connectivity index (χ4n) is 1.07. The van der Waals surface area contributed by atoms with Crippen molar-refractivity contribution in [3.63, 3.8) is 0 Å². The summed E-state index contributed by atoms with van der Waals surface area (Å²) in [6.45, 7) is 4.10. The van der Waals surface area contributed by atoms with Crippen LogP contribution in [0.2, 0.25) is 0 Å². The van der Waals surface area contributed by atoms with E-state index < -0.39 is 0 Å². The van der Waals surface area contributed by atoms with E-state index in [0.29, 0.717) is 5.69 Å². The molecule has 0 unspecified atom stereocenters. The molecule has 2 aromatic rings. The molecule has 0 amide bonds. The number of nitrogens with zero attached hydrogens (tertiary/aromatic N) is 2. The van der Waals surface area contributed by atoms with Gasteiger partial charge in [0.1, 0.15) is 0 Å². The Morgan fingerprint density at radius 2 is 2.20 bits per heavy atom. The third-order valence-electron chi connectivity index (χ3n) is 2.02. The molecule has 0 aliphatic heterocycles. The van der Waals surface area contributed by atoms with Crippen LogP contribution in [0, 0.1) is 13.8 Å². The number of thiazole rings is 1. The molecule has 0 aliphatic rings. The highest BCUT2D eigenvalue weighted by atomic mass is 32.2. The molecular weight excluding hydrogens is 226 g/mol. The summed E-state index contributed by atoms with van der Waals surface area (Å²) >= 11 is 3.29. The molecule has 0 spiro atoms. The minimum atomic E-state index is 0.702. The summed E-state index contributed by atoms with van der Waals surface area (Å²) in [5.74, 6) is 0. The molecule has 2 heterocycles. The number of aryl methyl sites for hydroxylation is 2. The van der Waals surface area contributed by atoms with Gasteiger partial charge >= 0.3 is 0 Å². The number of pyridine rings is 1. The van der Waals surface area contributed by atoms with Gasteiger partial charge in [0.25, 0.3) is 0 Å². The number of hydrogen-bond acceptors (Lipinski definition) is 5. The van der Waals surface area contributed by atoms with Crippen LogP contribution < -0.4 is 5.73 Å². The van der Waals surface area contributed by atoms with Crippen molar-refractivity contribution in [1.82, 2.24) is 9.97 Å². The van der Waals surface area contributed by atoms with Crippen LogP contribution in [0.25, 0.3) is 0 Å². The van der Waals surface area contributed by atoms with Crippen molar-refractivity contribution in [3.05, 3.63) is 29.0 Å². The number of nitrogen functional groups attached to an aromatic ring is 1. The first-order valence-corrected chi connectivity index (χ1v) is 6.11. The van der Waals surface area contributed by atoms with Gasteiger partial charge in [-0.2, -0.15) is 0 Å². The first kappa shape index (κ1) is 10.4. The predicted molar refractivity (Wildman–Crippen MR) is 64.4 cm³/mol. The van der Waals surface area contributed by atoms with E-state index in [2.05, 4.69) is 16.9 Å². The molecule has 5 heteroatoms. The number of anilines is 1. The zero-order valence-electron chi connectivity index (χ0n) is 8.52. The zero-order chi connectivity index (χ0) is 10.8. The summed E-state index contributed by atoms with van der Waals surface area (Å²) in [5, 5.41) is 0. The summed E-state index contributed by atoms with van der Waals surface area (Å²) < 4.78 is 1.03. The average molecular weight is 237 g/mol. The van der Waals surface area contributed by atoms with Crippen molar-refractivity contribution in [3.8, 4) is 0 Å². The highest BCUT2D eigenvalue weighted by Gasteiger charge is 2.07. The van der Waals surface area contributed by atoms with Crippen molar-refractivity contribution in [2.75, 3.05) is 5.73 Å². The minimum absolute atomic E-state index is 0.702. The van der Waals surface area contributed by atoms with Gasteiger partial charge in [0.15, 0.2) is 4.34 Å². The van der Waals surface area contributed by atoms with Crippen LogP contribution in [0.15, 0.2) is 27.7 Å². The van der Waals surface area contributed by atoms with Crippen molar-refractivity contribution in [1.29, 1.82) is 0 Å². The Hall–Kier alpha value is -1.07. The van der Waals surface area contributed by atoms with Crippen LogP contribution in [0.4, 0.5) is 5.69 Å². The highest BCUT2D eigenvalue weighted by Crippen LogP contribution is 2.34. The van der Waals surface area contributed by atoms with Crippen LogP contribution in [0.5, 0.6) is 0 Å². The van der Waals surface area contributed by atoms with E-state index >= 15 is 0 Å². The van der Waals surface area contributed by atoms with Crippen LogP contribution in [-0.4, -0.2) is 9.97 Å². The second kappa shape index (κ2) is 4.20. The standard InChI is InChI=1S/C10H11N3S2/c1-6-7(2)14-10(13-6)15-9-3-4-12-5-8(9)11/h3-5H,11H2,1-2H3. The van der Waals surface area contributed by atoms with E-state index in [1.54, 1.807) is 35.5 Å². The monoisotopic (exact) mass is 237 g/mol. The Balaban J connectivity index is 2.26. The molecule has 2 aromatic heterocycles. The van der Waals surface area contributed by atoms with E-state index in [1.165, 1.54) is 4.88 Å². The zero-order valence-corrected chi connectivity index (χ0v) is 10.2. The van der Waals surface area contributed by atoms with E-state index in [9.17, 15) is 0 Å². The smallest absolute Gasteiger partial charge is 0.155 e. The molecule has 15 heavy (non-hydrogen) atoms. The van der Waals surface area contributed by atoms with Crippen LogP contribution in [0.3, 0.4) is 0 Å². The maximum atomic E-state index is 5.81. The van der Waals surface area contributed by atoms with E-state index in [-0.39, 0.29) is 0 Å². The SMILES string of the molecule is Cc1nc(Sc2ccncc2N)sc1C. The summed E-state index contributed by atoms with van der Waals surface area (Å²) in [6.07, 6.45) is 3.40. The molecule has 0 atom stereocenters. The summed E-state index contributed by atoms with van der Waals surface area (Å²) in [4.78, 5) is 10.7. The summed E-state index contributed by atoms with van der Waals surface area (Å²) in [7, 11) is 0. The van der Waals surface area contributed by atoms with Crippen molar-refractivity contribution in [2.24, 2.45) is 0 Å². The molecule has 78 valence electrons. The lowest BCUT2D eigenvalue weighted by Gasteiger charge is -2.00. The molecule has 3 nitrogen and oxygen atoms in total. The number of nitrogens with two attached hydrogens (primary N) is 1. The van der Waals surface area contributed by atoms with Crippen molar-refractivity contribution in [2.45, 2.75) is 23.1 Å². The molecule has 0 saturated heterocycles. The molecule has 0 saturated carbocycles. The Kier molecular flexibility index (Phi) is 2.93. The molecule has 0 radical (unpaired) electrons. The second-order valence-corrected chi connectivity index (χ2v) is 5.63. The van der Waals surface area contributed by atoms with Gasteiger partial charge in [0.2, 0.25) is 0 Å².